The highest BCUT2D eigenvalue weighted by Gasteiger charge is 2.02. The van der Waals surface area contributed by atoms with Gasteiger partial charge in [0.1, 0.15) is 0 Å². The third-order valence-corrected chi connectivity index (χ3v) is 9.15. The van der Waals surface area contributed by atoms with E-state index >= 15 is 0 Å². The van der Waals surface area contributed by atoms with Crippen LogP contribution in [0.1, 0.15) is 239 Å². The molecular formula is C41H80O2. The van der Waals surface area contributed by atoms with E-state index in [1.165, 1.54) is 199 Å². The molecule has 0 aromatic heterocycles. The molecule has 0 spiro atoms. The van der Waals surface area contributed by atoms with Gasteiger partial charge in [-0.3, -0.25) is 4.79 Å². The molecule has 0 amide bonds. The molecule has 0 bridgehead atoms. The van der Waals surface area contributed by atoms with E-state index in [0.717, 1.165) is 19.3 Å². The number of hydrogen-bond donors (Lipinski definition) is 0. The molecule has 0 radical (unpaired) electrons. The minimum Gasteiger partial charge on any atom is -0.466 e. The lowest BCUT2D eigenvalue weighted by Gasteiger charge is -2.06. The van der Waals surface area contributed by atoms with Gasteiger partial charge in [0, 0.05) is 6.42 Å². The number of esters is 1. The molecule has 43 heavy (non-hydrogen) atoms. The largest absolute Gasteiger partial charge is 0.466 e. The van der Waals surface area contributed by atoms with Gasteiger partial charge in [0.15, 0.2) is 0 Å². The SMILES string of the molecule is CCCCCCCCC=CCCCCCCCC(=O)OCCCCCCCCCCCCCCCCCCCCCCC. The maximum Gasteiger partial charge on any atom is 0.305 e. The van der Waals surface area contributed by atoms with Crippen molar-refractivity contribution < 1.29 is 9.53 Å². The monoisotopic (exact) mass is 605 g/mol. The van der Waals surface area contributed by atoms with Crippen molar-refractivity contribution in [1.82, 2.24) is 0 Å². The number of carbonyl (C=O) groups excluding carboxylic acids is 1. The summed E-state index contributed by atoms with van der Waals surface area (Å²) in [7, 11) is 0. The zero-order valence-corrected chi connectivity index (χ0v) is 29.9. The molecule has 0 aliphatic heterocycles. The summed E-state index contributed by atoms with van der Waals surface area (Å²) < 4.78 is 5.45. The average molecular weight is 605 g/mol. The van der Waals surface area contributed by atoms with Gasteiger partial charge in [0.2, 0.25) is 0 Å². The summed E-state index contributed by atoms with van der Waals surface area (Å²) in [6.07, 6.45) is 51.5. The second-order valence-electron chi connectivity index (χ2n) is 13.6. The van der Waals surface area contributed by atoms with Crippen LogP contribution in [0.4, 0.5) is 0 Å². The Morgan fingerprint density at radius 3 is 1.00 bits per heavy atom. The second-order valence-corrected chi connectivity index (χ2v) is 13.6. The zero-order valence-electron chi connectivity index (χ0n) is 29.9. The molecule has 0 saturated carbocycles. The lowest BCUT2D eigenvalue weighted by Crippen LogP contribution is -2.05. The first-order valence-electron chi connectivity index (χ1n) is 20.1. The van der Waals surface area contributed by atoms with Gasteiger partial charge in [-0.15, -0.1) is 0 Å². The molecule has 0 N–H and O–H groups in total. The number of rotatable bonds is 37. The van der Waals surface area contributed by atoms with Crippen LogP contribution in [-0.4, -0.2) is 12.6 Å². The molecule has 0 unspecified atom stereocenters. The van der Waals surface area contributed by atoms with Crippen LogP contribution < -0.4 is 0 Å². The summed E-state index contributed by atoms with van der Waals surface area (Å²) in [5, 5.41) is 0. The molecule has 0 saturated heterocycles. The van der Waals surface area contributed by atoms with Crippen LogP contribution in [0.2, 0.25) is 0 Å². The van der Waals surface area contributed by atoms with Crippen molar-refractivity contribution in [2.45, 2.75) is 239 Å². The van der Waals surface area contributed by atoms with E-state index in [9.17, 15) is 4.79 Å². The standard InChI is InChI=1S/C41H80O2/c1-3-5-7-9-11-13-15-17-19-20-21-22-23-24-26-28-30-32-34-36-38-40-43-41(42)39-37-35-33-31-29-27-25-18-16-14-12-10-8-6-4-2/h18,25H,3-17,19-24,26-40H2,1-2H3. The highest BCUT2D eigenvalue weighted by molar-refractivity contribution is 5.69. The van der Waals surface area contributed by atoms with Crippen LogP contribution in [0, 0.1) is 0 Å². The zero-order chi connectivity index (χ0) is 31.2. The van der Waals surface area contributed by atoms with E-state index in [1.807, 2.05) is 0 Å². The van der Waals surface area contributed by atoms with Crippen molar-refractivity contribution >= 4 is 5.97 Å². The minimum absolute atomic E-state index is 0.0193. The Balaban J connectivity index is 3.17. The van der Waals surface area contributed by atoms with Crippen LogP contribution in [0.15, 0.2) is 12.2 Å². The van der Waals surface area contributed by atoms with E-state index in [0.29, 0.717) is 13.0 Å². The molecule has 0 atom stereocenters. The van der Waals surface area contributed by atoms with E-state index in [1.54, 1.807) is 0 Å². The molecule has 2 heteroatoms. The number of allylic oxidation sites excluding steroid dienone is 2. The first-order valence-corrected chi connectivity index (χ1v) is 20.1. The molecule has 0 aromatic carbocycles. The van der Waals surface area contributed by atoms with Crippen molar-refractivity contribution in [2.24, 2.45) is 0 Å². The Morgan fingerprint density at radius 2 is 0.651 bits per heavy atom. The Kier molecular flexibility index (Phi) is 38.5. The van der Waals surface area contributed by atoms with Crippen LogP contribution >= 0.6 is 0 Å². The number of ether oxygens (including phenoxy) is 1. The highest BCUT2D eigenvalue weighted by atomic mass is 16.5. The molecule has 0 rings (SSSR count). The Morgan fingerprint density at radius 1 is 0.372 bits per heavy atom. The van der Waals surface area contributed by atoms with Crippen LogP contribution in [-0.2, 0) is 9.53 Å². The third kappa shape index (κ3) is 39.2. The molecule has 0 aliphatic carbocycles. The predicted octanol–water partition coefficient (Wildman–Crippen LogP) is 14.8. The topological polar surface area (TPSA) is 26.3 Å². The summed E-state index contributed by atoms with van der Waals surface area (Å²) in [6.45, 7) is 5.21. The molecule has 0 fully saturated rings. The van der Waals surface area contributed by atoms with E-state index in [-0.39, 0.29) is 5.97 Å². The van der Waals surface area contributed by atoms with Crippen molar-refractivity contribution in [3.63, 3.8) is 0 Å². The average Bonchev–Trinajstić information content (AvgIpc) is 3.01. The summed E-state index contributed by atoms with van der Waals surface area (Å²) >= 11 is 0. The number of unbranched alkanes of at least 4 members (excludes halogenated alkanes) is 31. The van der Waals surface area contributed by atoms with Crippen LogP contribution in [0.5, 0.6) is 0 Å². The summed E-state index contributed by atoms with van der Waals surface area (Å²) in [6, 6.07) is 0. The molecular weight excluding hydrogens is 524 g/mol. The fraction of sp³-hybridized carbons (Fsp3) is 0.927. The van der Waals surface area contributed by atoms with E-state index < -0.39 is 0 Å². The summed E-state index contributed by atoms with van der Waals surface area (Å²) in [5.74, 6) is 0.0193. The maximum absolute atomic E-state index is 12.0. The predicted molar refractivity (Wildman–Crippen MR) is 193 cm³/mol. The second kappa shape index (κ2) is 39.2. The third-order valence-electron chi connectivity index (χ3n) is 9.15. The van der Waals surface area contributed by atoms with E-state index in [2.05, 4.69) is 26.0 Å². The molecule has 0 aliphatic rings. The summed E-state index contributed by atoms with van der Waals surface area (Å²) in [4.78, 5) is 12.0. The van der Waals surface area contributed by atoms with Crippen LogP contribution in [0.25, 0.3) is 0 Å². The fourth-order valence-corrected chi connectivity index (χ4v) is 6.13. The van der Waals surface area contributed by atoms with Crippen molar-refractivity contribution in [2.75, 3.05) is 6.61 Å². The summed E-state index contributed by atoms with van der Waals surface area (Å²) in [5.41, 5.74) is 0. The van der Waals surface area contributed by atoms with E-state index in [4.69, 9.17) is 4.74 Å². The normalized spacial score (nSPS) is 11.6. The maximum atomic E-state index is 12.0. The van der Waals surface area contributed by atoms with Gasteiger partial charge in [-0.25, -0.2) is 0 Å². The first-order chi connectivity index (χ1) is 21.3. The molecule has 2 nitrogen and oxygen atoms in total. The van der Waals surface area contributed by atoms with Crippen molar-refractivity contribution in [1.29, 1.82) is 0 Å². The molecule has 256 valence electrons. The van der Waals surface area contributed by atoms with Gasteiger partial charge in [-0.2, -0.15) is 0 Å². The molecule has 0 heterocycles. The van der Waals surface area contributed by atoms with Gasteiger partial charge in [0.25, 0.3) is 0 Å². The lowest BCUT2D eigenvalue weighted by atomic mass is 10.0. The van der Waals surface area contributed by atoms with Crippen molar-refractivity contribution in [3.05, 3.63) is 12.2 Å². The quantitative estimate of drug-likeness (QED) is 0.0400. The smallest absolute Gasteiger partial charge is 0.305 e. The Labute approximate surface area is 272 Å². The number of hydrogen-bond acceptors (Lipinski definition) is 2. The minimum atomic E-state index is 0.0193. The molecule has 0 aromatic rings. The van der Waals surface area contributed by atoms with Gasteiger partial charge < -0.3 is 4.74 Å². The van der Waals surface area contributed by atoms with Gasteiger partial charge in [0.05, 0.1) is 6.61 Å². The highest BCUT2D eigenvalue weighted by Crippen LogP contribution is 2.15. The fourth-order valence-electron chi connectivity index (χ4n) is 6.13. The van der Waals surface area contributed by atoms with Gasteiger partial charge >= 0.3 is 5.97 Å². The van der Waals surface area contributed by atoms with Gasteiger partial charge in [-0.1, -0.05) is 206 Å². The van der Waals surface area contributed by atoms with Crippen molar-refractivity contribution in [3.8, 4) is 0 Å². The Hall–Kier alpha value is -0.790. The van der Waals surface area contributed by atoms with Gasteiger partial charge in [-0.05, 0) is 38.5 Å². The van der Waals surface area contributed by atoms with Crippen LogP contribution in [0.3, 0.4) is 0 Å². The number of carbonyl (C=O) groups is 1. The first kappa shape index (κ1) is 42.2. The Bertz CT molecular complexity index is 540. The lowest BCUT2D eigenvalue weighted by molar-refractivity contribution is -0.143.